The molecule has 0 atom stereocenters. The lowest BCUT2D eigenvalue weighted by atomic mass is 10.2. The molecular weight excluding hydrogens is 345 g/mol. The van der Waals surface area contributed by atoms with Crippen LogP contribution in [0.1, 0.15) is 6.92 Å². The molecule has 122 valence electrons. The molecule has 2 heterocycles. The lowest BCUT2D eigenvalue weighted by Crippen LogP contribution is -2.05. The highest BCUT2D eigenvalue weighted by atomic mass is 35.5. The van der Waals surface area contributed by atoms with E-state index in [1.54, 1.807) is 30.6 Å². The van der Waals surface area contributed by atoms with Crippen LogP contribution in [-0.2, 0) is 0 Å². The van der Waals surface area contributed by atoms with Crippen molar-refractivity contribution < 1.29 is 0 Å². The van der Waals surface area contributed by atoms with Crippen LogP contribution in [0, 0.1) is 0 Å². The Labute approximate surface area is 150 Å². The molecule has 2 aromatic heterocycles. The molecule has 0 saturated heterocycles. The van der Waals surface area contributed by atoms with Crippen LogP contribution in [0.5, 0.6) is 0 Å². The first kappa shape index (κ1) is 16.5. The van der Waals surface area contributed by atoms with Gasteiger partial charge in [-0.1, -0.05) is 23.2 Å². The molecule has 0 aliphatic rings. The Kier molecular flexibility index (Phi) is 5.13. The van der Waals surface area contributed by atoms with Gasteiger partial charge in [-0.2, -0.15) is 4.98 Å². The zero-order valence-electron chi connectivity index (χ0n) is 12.9. The molecule has 0 aliphatic carbocycles. The second-order valence-corrected chi connectivity index (χ2v) is 5.88. The first-order valence-corrected chi connectivity index (χ1v) is 8.16. The molecule has 0 amide bonds. The van der Waals surface area contributed by atoms with Gasteiger partial charge >= 0.3 is 0 Å². The summed E-state index contributed by atoms with van der Waals surface area (Å²) in [5.74, 6) is 1.19. The van der Waals surface area contributed by atoms with Gasteiger partial charge in [0, 0.05) is 46.3 Å². The molecule has 0 saturated carbocycles. The minimum atomic E-state index is 0.544. The van der Waals surface area contributed by atoms with Crippen molar-refractivity contribution in [1.29, 1.82) is 0 Å². The summed E-state index contributed by atoms with van der Waals surface area (Å²) in [4.78, 5) is 13.0. The van der Waals surface area contributed by atoms with Crippen molar-refractivity contribution in [2.75, 3.05) is 17.2 Å². The zero-order valence-corrected chi connectivity index (χ0v) is 14.4. The van der Waals surface area contributed by atoms with Crippen LogP contribution in [0.25, 0.3) is 11.3 Å². The fraction of sp³-hybridized carbons (Fsp3) is 0.118. The molecule has 1 aromatic carbocycles. The quantitative estimate of drug-likeness (QED) is 0.669. The number of hydrogen-bond acceptors (Lipinski definition) is 5. The third-order valence-corrected chi connectivity index (χ3v) is 3.61. The van der Waals surface area contributed by atoms with Gasteiger partial charge < -0.3 is 10.6 Å². The van der Waals surface area contributed by atoms with Gasteiger partial charge in [-0.05, 0) is 37.3 Å². The SMILES string of the molecule is CCNc1nc(Nc2cc(Cl)cc(Cl)c2)cc(-c2ccncc2)n1. The standard InChI is InChI=1S/C17H15Cl2N5/c1-2-21-17-23-15(11-3-5-20-6-4-11)10-16(24-17)22-14-8-12(18)7-13(19)9-14/h3-10H,2H2,1H3,(H2,21,22,23,24). The zero-order chi connectivity index (χ0) is 16.9. The number of halogens is 2. The third kappa shape index (κ3) is 4.13. The maximum Gasteiger partial charge on any atom is 0.225 e. The van der Waals surface area contributed by atoms with Gasteiger partial charge in [0.15, 0.2) is 0 Å². The molecule has 0 radical (unpaired) electrons. The monoisotopic (exact) mass is 359 g/mol. The van der Waals surface area contributed by atoms with Crippen LogP contribution in [0.15, 0.2) is 48.8 Å². The van der Waals surface area contributed by atoms with Gasteiger partial charge in [-0.25, -0.2) is 4.98 Å². The number of nitrogens with one attached hydrogen (secondary N) is 2. The van der Waals surface area contributed by atoms with E-state index in [1.165, 1.54) is 0 Å². The van der Waals surface area contributed by atoms with Crippen molar-refractivity contribution in [2.45, 2.75) is 6.92 Å². The van der Waals surface area contributed by atoms with E-state index in [4.69, 9.17) is 23.2 Å². The molecule has 0 unspecified atom stereocenters. The minimum absolute atomic E-state index is 0.544. The van der Waals surface area contributed by atoms with E-state index in [0.717, 1.165) is 23.5 Å². The summed E-state index contributed by atoms with van der Waals surface area (Å²) in [5.41, 5.74) is 2.51. The number of aromatic nitrogens is 3. The first-order valence-electron chi connectivity index (χ1n) is 7.40. The Morgan fingerprint density at radius 2 is 1.67 bits per heavy atom. The number of hydrogen-bond donors (Lipinski definition) is 2. The van der Waals surface area contributed by atoms with E-state index in [9.17, 15) is 0 Å². The van der Waals surface area contributed by atoms with Crippen LogP contribution in [0.2, 0.25) is 10.0 Å². The molecule has 2 N–H and O–H groups in total. The molecular formula is C17H15Cl2N5. The van der Waals surface area contributed by atoms with Crippen LogP contribution in [0.4, 0.5) is 17.5 Å². The summed E-state index contributed by atoms with van der Waals surface area (Å²) < 4.78 is 0. The normalized spacial score (nSPS) is 10.5. The Balaban J connectivity index is 1.98. The maximum atomic E-state index is 6.05. The number of anilines is 3. The first-order chi connectivity index (χ1) is 11.6. The minimum Gasteiger partial charge on any atom is -0.354 e. The number of nitrogens with zero attached hydrogens (tertiary/aromatic N) is 3. The van der Waals surface area contributed by atoms with Crippen molar-refractivity contribution >= 4 is 40.7 Å². The average molecular weight is 360 g/mol. The summed E-state index contributed by atoms with van der Waals surface area (Å²) in [6.07, 6.45) is 3.46. The van der Waals surface area contributed by atoms with Crippen molar-refractivity contribution in [3.05, 3.63) is 58.8 Å². The highest BCUT2D eigenvalue weighted by molar-refractivity contribution is 6.35. The fourth-order valence-corrected chi connectivity index (χ4v) is 2.72. The van der Waals surface area contributed by atoms with Gasteiger partial charge in [0.25, 0.3) is 0 Å². The van der Waals surface area contributed by atoms with Crippen LogP contribution < -0.4 is 10.6 Å². The molecule has 7 heteroatoms. The Bertz CT molecular complexity index is 819. The highest BCUT2D eigenvalue weighted by Gasteiger charge is 2.07. The van der Waals surface area contributed by atoms with Gasteiger partial charge in [-0.15, -0.1) is 0 Å². The maximum absolute atomic E-state index is 6.05. The molecule has 0 bridgehead atoms. The smallest absolute Gasteiger partial charge is 0.225 e. The van der Waals surface area contributed by atoms with Crippen LogP contribution >= 0.6 is 23.2 Å². The van der Waals surface area contributed by atoms with Crippen LogP contribution in [-0.4, -0.2) is 21.5 Å². The van der Waals surface area contributed by atoms with Crippen molar-refractivity contribution in [2.24, 2.45) is 0 Å². The lowest BCUT2D eigenvalue weighted by Gasteiger charge is -2.11. The Morgan fingerprint density at radius 3 is 2.33 bits per heavy atom. The number of pyridine rings is 1. The third-order valence-electron chi connectivity index (χ3n) is 3.17. The number of rotatable bonds is 5. The second kappa shape index (κ2) is 7.47. The van der Waals surface area contributed by atoms with Gasteiger partial charge in [0.2, 0.25) is 5.95 Å². The van der Waals surface area contributed by atoms with Crippen LogP contribution in [0.3, 0.4) is 0 Å². The number of benzene rings is 1. The predicted molar refractivity (Wildman–Crippen MR) is 99.2 cm³/mol. The fourth-order valence-electron chi connectivity index (χ4n) is 2.19. The average Bonchev–Trinajstić information content (AvgIpc) is 2.55. The van der Waals surface area contributed by atoms with E-state index in [1.807, 2.05) is 25.1 Å². The predicted octanol–water partition coefficient (Wildman–Crippen LogP) is 5.02. The Hall–Kier alpha value is -2.37. The van der Waals surface area contributed by atoms with E-state index < -0.39 is 0 Å². The summed E-state index contributed by atoms with van der Waals surface area (Å²) in [5, 5.41) is 7.47. The second-order valence-electron chi connectivity index (χ2n) is 5.01. The lowest BCUT2D eigenvalue weighted by molar-refractivity contribution is 1.09. The van der Waals surface area contributed by atoms with E-state index >= 15 is 0 Å². The van der Waals surface area contributed by atoms with Crippen molar-refractivity contribution in [3.63, 3.8) is 0 Å². The molecule has 0 aliphatic heterocycles. The van der Waals surface area contributed by atoms with Crippen molar-refractivity contribution in [1.82, 2.24) is 15.0 Å². The molecule has 5 nitrogen and oxygen atoms in total. The largest absolute Gasteiger partial charge is 0.354 e. The van der Waals surface area contributed by atoms with Gasteiger partial charge in [0.05, 0.1) is 5.69 Å². The molecule has 24 heavy (non-hydrogen) atoms. The summed E-state index contributed by atoms with van der Waals surface area (Å²) in [6, 6.07) is 10.9. The van der Waals surface area contributed by atoms with Gasteiger partial charge in [0.1, 0.15) is 5.82 Å². The summed E-state index contributed by atoms with van der Waals surface area (Å²) in [7, 11) is 0. The molecule has 0 fully saturated rings. The summed E-state index contributed by atoms with van der Waals surface area (Å²) >= 11 is 12.1. The van der Waals surface area contributed by atoms with E-state index in [0.29, 0.717) is 21.8 Å². The summed E-state index contributed by atoms with van der Waals surface area (Å²) in [6.45, 7) is 2.72. The van der Waals surface area contributed by atoms with Gasteiger partial charge in [-0.3, -0.25) is 4.98 Å². The molecule has 0 spiro atoms. The molecule has 3 aromatic rings. The van der Waals surface area contributed by atoms with Crippen molar-refractivity contribution in [3.8, 4) is 11.3 Å². The highest BCUT2D eigenvalue weighted by Crippen LogP contribution is 2.27. The van der Waals surface area contributed by atoms with E-state index in [2.05, 4.69) is 25.6 Å². The Morgan fingerprint density at radius 1 is 0.958 bits per heavy atom. The van der Waals surface area contributed by atoms with E-state index in [-0.39, 0.29) is 0 Å². The topological polar surface area (TPSA) is 62.7 Å². The molecule has 3 rings (SSSR count).